The van der Waals surface area contributed by atoms with Crippen LogP contribution in [0, 0.1) is 5.92 Å². The van der Waals surface area contributed by atoms with Gasteiger partial charge in [0.05, 0.1) is 6.61 Å². The van der Waals surface area contributed by atoms with Gasteiger partial charge in [-0.1, -0.05) is 32.0 Å². The lowest BCUT2D eigenvalue weighted by Crippen LogP contribution is -2.35. The van der Waals surface area contributed by atoms with E-state index in [1.807, 2.05) is 44.2 Å². The first-order chi connectivity index (χ1) is 9.09. The molecule has 0 spiro atoms. The summed E-state index contributed by atoms with van der Waals surface area (Å²) in [6.45, 7) is 5.26. The minimum atomic E-state index is -0.0689. The fourth-order valence-electron chi connectivity index (χ4n) is 1.53. The highest BCUT2D eigenvalue weighted by atomic mass is 16.5. The van der Waals surface area contributed by atoms with Crippen LogP contribution in [0.15, 0.2) is 30.3 Å². The summed E-state index contributed by atoms with van der Waals surface area (Å²) >= 11 is 0. The van der Waals surface area contributed by atoms with Crippen molar-refractivity contribution in [2.45, 2.75) is 32.7 Å². The topological polar surface area (TPSA) is 64.4 Å². The van der Waals surface area contributed by atoms with Gasteiger partial charge in [-0.3, -0.25) is 4.79 Å². The Balaban J connectivity index is 2.06. The Morgan fingerprint density at radius 3 is 2.63 bits per heavy atom. The SMILES string of the molecule is CC(C)C(N)CC(=O)NCCCOc1ccccc1. The summed E-state index contributed by atoms with van der Waals surface area (Å²) in [5, 5.41) is 2.86. The molecule has 1 amide bonds. The van der Waals surface area contributed by atoms with Crippen LogP contribution in [0.2, 0.25) is 0 Å². The molecule has 1 aromatic rings. The third-order valence-electron chi connectivity index (χ3n) is 2.93. The minimum absolute atomic E-state index is 0.0147. The molecule has 19 heavy (non-hydrogen) atoms. The molecule has 106 valence electrons. The minimum Gasteiger partial charge on any atom is -0.494 e. The van der Waals surface area contributed by atoms with Crippen LogP contribution in [0.5, 0.6) is 5.75 Å². The summed E-state index contributed by atoms with van der Waals surface area (Å²) in [7, 11) is 0. The van der Waals surface area contributed by atoms with Crippen LogP contribution in [0.3, 0.4) is 0 Å². The Bertz CT molecular complexity index is 366. The van der Waals surface area contributed by atoms with Gasteiger partial charge in [0, 0.05) is 19.0 Å². The monoisotopic (exact) mass is 264 g/mol. The van der Waals surface area contributed by atoms with Gasteiger partial charge in [-0.05, 0) is 24.5 Å². The van der Waals surface area contributed by atoms with E-state index < -0.39 is 0 Å². The lowest BCUT2D eigenvalue weighted by atomic mass is 10.0. The lowest BCUT2D eigenvalue weighted by molar-refractivity contribution is -0.121. The highest BCUT2D eigenvalue weighted by Crippen LogP contribution is 2.08. The normalized spacial score (nSPS) is 12.2. The van der Waals surface area contributed by atoms with Crippen molar-refractivity contribution in [1.82, 2.24) is 5.32 Å². The van der Waals surface area contributed by atoms with Crippen molar-refractivity contribution in [2.24, 2.45) is 11.7 Å². The van der Waals surface area contributed by atoms with Gasteiger partial charge in [0.25, 0.3) is 0 Å². The van der Waals surface area contributed by atoms with Crippen LogP contribution in [-0.2, 0) is 4.79 Å². The van der Waals surface area contributed by atoms with Crippen molar-refractivity contribution >= 4 is 5.91 Å². The van der Waals surface area contributed by atoms with Gasteiger partial charge in [-0.2, -0.15) is 0 Å². The molecule has 0 radical (unpaired) electrons. The molecular formula is C15H24N2O2. The molecule has 4 heteroatoms. The predicted molar refractivity (Wildman–Crippen MR) is 77.0 cm³/mol. The number of hydrogen-bond donors (Lipinski definition) is 2. The molecule has 1 unspecified atom stereocenters. The second-order valence-electron chi connectivity index (χ2n) is 4.98. The molecule has 0 saturated carbocycles. The maximum atomic E-state index is 11.6. The molecular weight excluding hydrogens is 240 g/mol. The van der Waals surface area contributed by atoms with Crippen molar-refractivity contribution in [3.8, 4) is 5.75 Å². The fourth-order valence-corrected chi connectivity index (χ4v) is 1.53. The standard InChI is InChI=1S/C15H24N2O2/c1-12(2)14(16)11-15(18)17-9-6-10-19-13-7-4-3-5-8-13/h3-5,7-8,12,14H,6,9-11,16H2,1-2H3,(H,17,18). The number of nitrogens with one attached hydrogen (secondary N) is 1. The third-order valence-corrected chi connectivity index (χ3v) is 2.93. The van der Waals surface area contributed by atoms with Gasteiger partial charge in [0.15, 0.2) is 0 Å². The van der Waals surface area contributed by atoms with Crippen LogP contribution >= 0.6 is 0 Å². The third kappa shape index (κ3) is 6.82. The molecule has 1 atom stereocenters. The molecule has 0 aliphatic rings. The number of amides is 1. The zero-order valence-electron chi connectivity index (χ0n) is 11.8. The fraction of sp³-hybridized carbons (Fsp3) is 0.533. The van der Waals surface area contributed by atoms with Gasteiger partial charge in [0.2, 0.25) is 5.91 Å². The summed E-state index contributed by atoms with van der Waals surface area (Å²) in [5.74, 6) is 1.20. The van der Waals surface area contributed by atoms with Crippen LogP contribution in [0.4, 0.5) is 0 Å². The molecule has 1 rings (SSSR count). The highest BCUT2D eigenvalue weighted by Gasteiger charge is 2.12. The summed E-state index contributed by atoms with van der Waals surface area (Å²) in [4.78, 5) is 11.6. The first-order valence-electron chi connectivity index (χ1n) is 6.79. The summed E-state index contributed by atoms with van der Waals surface area (Å²) < 4.78 is 5.53. The van der Waals surface area contributed by atoms with E-state index in [0.717, 1.165) is 12.2 Å². The number of para-hydroxylation sites is 1. The van der Waals surface area contributed by atoms with Crippen LogP contribution < -0.4 is 15.8 Å². The van der Waals surface area contributed by atoms with Gasteiger partial charge in [-0.25, -0.2) is 0 Å². The van der Waals surface area contributed by atoms with Crippen molar-refractivity contribution < 1.29 is 9.53 Å². The molecule has 0 aromatic heterocycles. The number of ether oxygens (including phenoxy) is 1. The summed E-state index contributed by atoms with van der Waals surface area (Å²) in [6.07, 6.45) is 1.18. The maximum absolute atomic E-state index is 11.6. The van der Waals surface area contributed by atoms with E-state index in [1.54, 1.807) is 0 Å². The molecule has 3 N–H and O–H groups in total. The van der Waals surface area contributed by atoms with Crippen LogP contribution in [0.1, 0.15) is 26.7 Å². The van der Waals surface area contributed by atoms with E-state index in [2.05, 4.69) is 5.32 Å². The Kier molecular flexibility index (Phi) is 6.97. The molecule has 0 aliphatic heterocycles. The maximum Gasteiger partial charge on any atom is 0.221 e. The zero-order valence-corrected chi connectivity index (χ0v) is 11.8. The number of carbonyl (C=O) groups is 1. The Hall–Kier alpha value is -1.55. The number of carbonyl (C=O) groups excluding carboxylic acids is 1. The van der Waals surface area contributed by atoms with E-state index in [0.29, 0.717) is 25.5 Å². The Morgan fingerprint density at radius 1 is 1.32 bits per heavy atom. The van der Waals surface area contributed by atoms with Crippen molar-refractivity contribution in [3.63, 3.8) is 0 Å². The molecule has 0 heterocycles. The largest absolute Gasteiger partial charge is 0.494 e. The zero-order chi connectivity index (χ0) is 14.1. The second kappa shape index (κ2) is 8.53. The van der Waals surface area contributed by atoms with Crippen molar-refractivity contribution in [1.29, 1.82) is 0 Å². The summed E-state index contributed by atoms with van der Waals surface area (Å²) in [5.41, 5.74) is 5.84. The number of benzene rings is 1. The van der Waals surface area contributed by atoms with E-state index >= 15 is 0 Å². The second-order valence-corrected chi connectivity index (χ2v) is 4.98. The molecule has 0 saturated heterocycles. The van der Waals surface area contributed by atoms with Gasteiger partial charge < -0.3 is 15.8 Å². The van der Waals surface area contributed by atoms with E-state index in [-0.39, 0.29) is 11.9 Å². The van der Waals surface area contributed by atoms with Crippen LogP contribution in [0.25, 0.3) is 0 Å². The van der Waals surface area contributed by atoms with E-state index in [1.165, 1.54) is 0 Å². The summed E-state index contributed by atoms with van der Waals surface area (Å²) in [6, 6.07) is 9.58. The average molecular weight is 264 g/mol. The molecule has 0 fully saturated rings. The van der Waals surface area contributed by atoms with E-state index in [9.17, 15) is 4.79 Å². The molecule has 1 aromatic carbocycles. The first-order valence-corrected chi connectivity index (χ1v) is 6.79. The van der Waals surface area contributed by atoms with Gasteiger partial charge >= 0.3 is 0 Å². The number of hydrogen-bond acceptors (Lipinski definition) is 3. The lowest BCUT2D eigenvalue weighted by Gasteiger charge is -2.15. The number of nitrogens with two attached hydrogens (primary N) is 1. The van der Waals surface area contributed by atoms with Gasteiger partial charge in [0.1, 0.15) is 5.75 Å². The number of rotatable bonds is 8. The van der Waals surface area contributed by atoms with Gasteiger partial charge in [-0.15, -0.1) is 0 Å². The molecule has 0 bridgehead atoms. The molecule has 4 nitrogen and oxygen atoms in total. The first kappa shape index (κ1) is 15.5. The quantitative estimate of drug-likeness (QED) is 0.705. The van der Waals surface area contributed by atoms with E-state index in [4.69, 9.17) is 10.5 Å². The smallest absolute Gasteiger partial charge is 0.221 e. The average Bonchev–Trinajstić information content (AvgIpc) is 2.39. The highest BCUT2D eigenvalue weighted by molar-refractivity contribution is 5.76. The van der Waals surface area contributed by atoms with Crippen molar-refractivity contribution in [2.75, 3.05) is 13.2 Å². The predicted octanol–water partition coefficient (Wildman–Crippen LogP) is 1.95. The molecule has 0 aliphatic carbocycles. The Labute approximate surface area is 115 Å². The Morgan fingerprint density at radius 2 is 2.00 bits per heavy atom. The van der Waals surface area contributed by atoms with Crippen LogP contribution in [-0.4, -0.2) is 25.1 Å². The van der Waals surface area contributed by atoms with Crippen molar-refractivity contribution in [3.05, 3.63) is 30.3 Å².